The van der Waals surface area contributed by atoms with Crippen LogP contribution in [0.4, 0.5) is 0 Å². The molecule has 0 radical (unpaired) electrons. The summed E-state index contributed by atoms with van der Waals surface area (Å²) in [6.45, 7) is 7.79. The highest BCUT2D eigenvalue weighted by Crippen LogP contribution is 1.94. The van der Waals surface area contributed by atoms with Crippen LogP contribution in [0.25, 0.3) is 0 Å². The molecule has 0 aromatic rings. The second-order valence-electron chi connectivity index (χ2n) is 3.86. The van der Waals surface area contributed by atoms with Gasteiger partial charge in [0.1, 0.15) is 0 Å². The highest BCUT2D eigenvalue weighted by atomic mass is 16.3. The van der Waals surface area contributed by atoms with Crippen molar-refractivity contribution in [2.45, 2.75) is 19.9 Å². The van der Waals surface area contributed by atoms with Gasteiger partial charge in [-0.1, -0.05) is 0 Å². The monoisotopic (exact) mass is 204 g/mol. The van der Waals surface area contributed by atoms with Crippen LogP contribution in [0.15, 0.2) is 0 Å². The van der Waals surface area contributed by atoms with Crippen molar-refractivity contribution >= 4 is 0 Å². The van der Waals surface area contributed by atoms with Crippen LogP contribution in [-0.2, 0) is 0 Å². The van der Waals surface area contributed by atoms with Gasteiger partial charge < -0.3 is 15.1 Å². The normalized spacial score (nSPS) is 12.0. The summed E-state index contributed by atoms with van der Waals surface area (Å²) in [5, 5.41) is 17.6. The summed E-state index contributed by atoms with van der Waals surface area (Å²) >= 11 is 0. The van der Waals surface area contributed by atoms with Crippen LogP contribution in [-0.4, -0.2) is 72.5 Å². The lowest BCUT2D eigenvalue weighted by Crippen LogP contribution is -2.38. The summed E-state index contributed by atoms with van der Waals surface area (Å²) < 4.78 is 0. The van der Waals surface area contributed by atoms with Crippen molar-refractivity contribution in [3.63, 3.8) is 0 Å². The number of rotatable bonds is 8. The van der Waals surface area contributed by atoms with Crippen LogP contribution in [0, 0.1) is 0 Å². The van der Waals surface area contributed by atoms with E-state index in [2.05, 4.69) is 30.7 Å². The Balaban J connectivity index is 3.68. The van der Waals surface area contributed by atoms with E-state index in [9.17, 15) is 0 Å². The van der Waals surface area contributed by atoms with Gasteiger partial charge in [-0.2, -0.15) is 0 Å². The van der Waals surface area contributed by atoms with Crippen LogP contribution in [0.5, 0.6) is 0 Å². The lowest BCUT2D eigenvalue weighted by molar-refractivity contribution is 0.142. The van der Waals surface area contributed by atoms with Crippen LogP contribution in [0.1, 0.15) is 13.8 Å². The fourth-order valence-corrected chi connectivity index (χ4v) is 1.18. The van der Waals surface area contributed by atoms with Crippen molar-refractivity contribution in [1.82, 2.24) is 9.80 Å². The number of aliphatic hydroxyl groups excluding tert-OH is 2. The first-order chi connectivity index (χ1) is 6.61. The lowest BCUT2D eigenvalue weighted by Gasteiger charge is -2.26. The molecule has 0 saturated carbocycles. The molecule has 0 bridgehead atoms. The molecule has 4 nitrogen and oxygen atoms in total. The molecule has 0 spiro atoms. The van der Waals surface area contributed by atoms with Crippen LogP contribution in [0.2, 0.25) is 0 Å². The van der Waals surface area contributed by atoms with E-state index in [0.29, 0.717) is 19.1 Å². The maximum atomic E-state index is 8.80. The first-order valence-corrected chi connectivity index (χ1v) is 5.26. The second kappa shape index (κ2) is 8.17. The predicted molar refractivity (Wildman–Crippen MR) is 58.4 cm³/mol. The summed E-state index contributed by atoms with van der Waals surface area (Å²) in [6.07, 6.45) is 0. The molecule has 0 saturated heterocycles. The van der Waals surface area contributed by atoms with Gasteiger partial charge in [-0.15, -0.1) is 0 Å². The van der Waals surface area contributed by atoms with Gasteiger partial charge in [0, 0.05) is 32.2 Å². The van der Waals surface area contributed by atoms with Crippen molar-refractivity contribution in [3.8, 4) is 0 Å². The molecule has 0 aliphatic carbocycles. The maximum Gasteiger partial charge on any atom is 0.0558 e. The molecular weight excluding hydrogens is 180 g/mol. The van der Waals surface area contributed by atoms with Crippen LogP contribution < -0.4 is 0 Å². The molecule has 0 aliphatic rings. The fourth-order valence-electron chi connectivity index (χ4n) is 1.18. The molecule has 0 fully saturated rings. The Hall–Kier alpha value is -0.160. The predicted octanol–water partition coefficient (Wildman–Crippen LogP) is -0.387. The molecule has 0 amide bonds. The van der Waals surface area contributed by atoms with E-state index < -0.39 is 0 Å². The summed E-state index contributed by atoms with van der Waals surface area (Å²) in [5.41, 5.74) is 0. The first kappa shape index (κ1) is 13.8. The Bertz CT molecular complexity index is 125. The van der Waals surface area contributed by atoms with Gasteiger partial charge in [-0.3, -0.25) is 4.90 Å². The van der Waals surface area contributed by atoms with Gasteiger partial charge in [-0.05, 0) is 20.9 Å². The van der Waals surface area contributed by atoms with Crippen molar-refractivity contribution in [1.29, 1.82) is 0 Å². The quantitative estimate of drug-likeness (QED) is 0.565. The molecule has 0 aromatic carbocycles. The zero-order chi connectivity index (χ0) is 11.0. The minimum atomic E-state index is 0.158. The molecule has 0 heterocycles. The van der Waals surface area contributed by atoms with E-state index in [1.165, 1.54) is 0 Å². The third-order valence-electron chi connectivity index (χ3n) is 2.48. The Kier molecular flexibility index (Phi) is 8.08. The van der Waals surface area contributed by atoms with Gasteiger partial charge in [0.15, 0.2) is 0 Å². The van der Waals surface area contributed by atoms with Crippen LogP contribution >= 0.6 is 0 Å². The smallest absolute Gasteiger partial charge is 0.0558 e. The van der Waals surface area contributed by atoms with E-state index in [0.717, 1.165) is 13.1 Å². The molecule has 4 heteroatoms. The largest absolute Gasteiger partial charge is 0.395 e. The maximum absolute atomic E-state index is 8.80. The lowest BCUT2D eigenvalue weighted by atomic mass is 10.3. The minimum Gasteiger partial charge on any atom is -0.395 e. The van der Waals surface area contributed by atoms with Crippen molar-refractivity contribution in [3.05, 3.63) is 0 Å². The average molecular weight is 204 g/mol. The molecule has 0 unspecified atom stereocenters. The van der Waals surface area contributed by atoms with Crippen LogP contribution in [0.3, 0.4) is 0 Å². The zero-order valence-electron chi connectivity index (χ0n) is 9.61. The average Bonchev–Trinajstić information content (AvgIpc) is 2.14. The molecular formula is C10H24N2O2. The van der Waals surface area contributed by atoms with Gasteiger partial charge in [0.25, 0.3) is 0 Å². The highest BCUT2D eigenvalue weighted by molar-refractivity contribution is 4.62. The third-order valence-corrected chi connectivity index (χ3v) is 2.48. The number of hydrogen-bond acceptors (Lipinski definition) is 4. The third kappa shape index (κ3) is 6.32. The second-order valence-corrected chi connectivity index (χ2v) is 3.86. The van der Waals surface area contributed by atoms with Crippen molar-refractivity contribution < 1.29 is 10.2 Å². The molecule has 0 rings (SSSR count). The molecule has 86 valence electrons. The van der Waals surface area contributed by atoms with E-state index in [1.807, 2.05) is 0 Å². The highest BCUT2D eigenvalue weighted by Gasteiger charge is 2.07. The summed E-state index contributed by atoms with van der Waals surface area (Å²) in [7, 11) is 2.08. The van der Waals surface area contributed by atoms with E-state index in [-0.39, 0.29) is 13.2 Å². The summed E-state index contributed by atoms with van der Waals surface area (Å²) in [5.74, 6) is 0. The van der Waals surface area contributed by atoms with E-state index in [4.69, 9.17) is 10.2 Å². The van der Waals surface area contributed by atoms with Gasteiger partial charge in [0.2, 0.25) is 0 Å². The first-order valence-electron chi connectivity index (χ1n) is 5.26. The number of likely N-dealkylation sites (N-methyl/N-ethyl adjacent to an activating group) is 1. The van der Waals surface area contributed by atoms with Gasteiger partial charge in [0.05, 0.1) is 13.2 Å². The number of hydrogen-bond donors (Lipinski definition) is 2. The topological polar surface area (TPSA) is 46.9 Å². The van der Waals surface area contributed by atoms with E-state index >= 15 is 0 Å². The number of nitrogens with zero attached hydrogens (tertiary/aromatic N) is 2. The summed E-state index contributed by atoms with van der Waals surface area (Å²) in [4.78, 5) is 4.32. The van der Waals surface area contributed by atoms with Gasteiger partial charge >= 0.3 is 0 Å². The SMILES string of the molecule is CC(C)N(C)CCN(CCO)CCO. The Labute approximate surface area is 87.1 Å². The molecule has 0 aliphatic heterocycles. The summed E-state index contributed by atoms with van der Waals surface area (Å²) in [6, 6.07) is 0.542. The van der Waals surface area contributed by atoms with E-state index in [1.54, 1.807) is 0 Å². The molecule has 0 aromatic heterocycles. The molecule has 14 heavy (non-hydrogen) atoms. The molecule has 0 atom stereocenters. The minimum absolute atomic E-state index is 0.158. The Morgan fingerprint density at radius 2 is 1.43 bits per heavy atom. The Morgan fingerprint density at radius 3 is 1.79 bits per heavy atom. The van der Waals surface area contributed by atoms with Gasteiger partial charge in [-0.25, -0.2) is 0 Å². The Morgan fingerprint density at radius 1 is 0.929 bits per heavy atom. The van der Waals surface area contributed by atoms with Crippen molar-refractivity contribution in [2.75, 3.05) is 46.4 Å². The number of aliphatic hydroxyl groups is 2. The standard InChI is InChI=1S/C10H24N2O2/c1-10(2)11(3)4-5-12(6-8-13)7-9-14/h10,13-14H,4-9H2,1-3H3. The van der Waals surface area contributed by atoms with Crippen molar-refractivity contribution in [2.24, 2.45) is 0 Å². The zero-order valence-corrected chi connectivity index (χ0v) is 9.61. The molecule has 2 N–H and O–H groups in total. The fraction of sp³-hybridized carbons (Fsp3) is 1.00.